The van der Waals surface area contributed by atoms with Crippen LogP contribution in [0.1, 0.15) is 17.2 Å². The number of ether oxygens (including phenoxy) is 2. The summed E-state index contributed by atoms with van der Waals surface area (Å²) in [6.45, 7) is 0.296. The van der Waals surface area contributed by atoms with Crippen molar-refractivity contribution in [3.8, 4) is 5.75 Å². The van der Waals surface area contributed by atoms with Crippen molar-refractivity contribution in [1.29, 1.82) is 0 Å². The maximum absolute atomic E-state index is 12.9. The molecule has 1 fully saturated rings. The minimum absolute atomic E-state index is 0.0189. The number of halogens is 1. The molecule has 1 saturated heterocycles. The molecule has 1 amide bonds. The lowest BCUT2D eigenvalue weighted by Gasteiger charge is -2.25. The molecular weight excluding hydrogens is 454 g/mol. The maximum Gasteiger partial charge on any atom is 0.295 e. The van der Waals surface area contributed by atoms with Gasteiger partial charge in [0.2, 0.25) is 0 Å². The lowest BCUT2D eigenvalue weighted by molar-refractivity contribution is -0.140. The fraction of sp³-hybridized carbons (Fsp3) is 0.273. The van der Waals surface area contributed by atoms with Crippen LogP contribution in [0.5, 0.6) is 5.75 Å². The summed E-state index contributed by atoms with van der Waals surface area (Å²) in [5, 5.41) is 19.8. The standard InChI is InChI=1S/C22H22BrNO6/c1-29-17-7-5-14(6-8-17)20(26)18-19(15-3-2-4-16(23)13-15)24(22(28)21(18)27)9-11-30-12-10-25/h2-8,13,19,25-26H,9-12H2,1H3. The van der Waals surface area contributed by atoms with Gasteiger partial charge in [-0.3, -0.25) is 9.59 Å². The van der Waals surface area contributed by atoms with Crippen molar-refractivity contribution in [2.24, 2.45) is 0 Å². The summed E-state index contributed by atoms with van der Waals surface area (Å²) in [5.74, 6) is -1.10. The van der Waals surface area contributed by atoms with Crippen LogP contribution in [0, 0.1) is 0 Å². The summed E-state index contributed by atoms with van der Waals surface area (Å²) in [6.07, 6.45) is 0. The molecule has 30 heavy (non-hydrogen) atoms. The fourth-order valence-corrected chi connectivity index (χ4v) is 3.78. The summed E-state index contributed by atoms with van der Waals surface area (Å²) in [5.41, 5.74) is 1.11. The summed E-state index contributed by atoms with van der Waals surface area (Å²) in [7, 11) is 1.53. The fourth-order valence-electron chi connectivity index (χ4n) is 3.37. The molecule has 2 N–H and O–H groups in total. The van der Waals surface area contributed by atoms with Gasteiger partial charge >= 0.3 is 0 Å². The van der Waals surface area contributed by atoms with Crippen molar-refractivity contribution >= 4 is 33.4 Å². The Morgan fingerprint density at radius 2 is 1.87 bits per heavy atom. The van der Waals surface area contributed by atoms with Crippen molar-refractivity contribution in [3.05, 3.63) is 69.7 Å². The van der Waals surface area contributed by atoms with E-state index >= 15 is 0 Å². The zero-order chi connectivity index (χ0) is 21.7. The van der Waals surface area contributed by atoms with Crippen molar-refractivity contribution in [2.45, 2.75) is 6.04 Å². The molecule has 0 saturated carbocycles. The average Bonchev–Trinajstić information content (AvgIpc) is 3.01. The number of hydrogen-bond donors (Lipinski definition) is 2. The zero-order valence-corrected chi connectivity index (χ0v) is 18.0. The Balaban J connectivity index is 2.06. The van der Waals surface area contributed by atoms with Gasteiger partial charge in [0, 0.05) is 16.6 Å². The Kier molecular flexibility index (Phi) is 7.25. The lowest BCUT2D eigenvalue weighted by Crippen LogP contribution is -2.33. The third kappa shape index (κ3) is 4.56. The number of carbonyl (C=O) groups excluding carboxylic acids is 2. The molecule has 1 heterocycles. The topological polar surface area (TPSA) is 96.3 Å². The molecule has 1 aliphatic heterocycles. The van der Waals surface area contributed by atoms with Crippen molar-refractivity contribution in [1.82, 2.24) is 4.90 Å². The Morgan fingerprint density at radius 1 is 1.13 bits per heavy atom. The van der Waals surface area contributed by atoms with Crippen molar-refractivity contribution in [2.75, 3.05) is 33.5 Å². The number of methoxy groups -OCH3 is 1. The number of carbonyl (C=O) groups is 2. The van der Waals surface area contributed by atoms with Gasteiger partial charge in [-0.05, 0) is 42.0 Å². The molecule has 0 bridgehead atoms. The van der Waals surface area contributed by atoms with Gasteiger partial charge in [0.1, 0.15) is 11.5 Å². The molecule has 2 aromatic rings. The molecule has 3 rings (SSSR count). The van der Waals surface area contributed by atoms with Gasteiger partial charge in [-0.2, -0.15) is 0 Å². The summed E-state index contributed by atoms with van der Waals surface area (Å²) in [6, 6.07) is 13.1. The predicted octanol–water partition coefficient (Wildman–Crippen LogP) is 2.89. The van der Waals surface area contributed by atoms with E-state index in [0.29, 0.717) is 16.9 Å². The van der Waals surface area contributed by atoms with Gasteiger partial charge in [0.05, 0.1) is 38.5 Å². The minimum Gasteiger partial charge on any atom is -0.507 e. The van der Waals surface area contributed by atoms with Gasteiger partial charge in [0.25, 0.3) is 11.7 Å². The highest BCUT2D eigenvalue weighted by atomic mass is 79.9. The number of aliphatic hydroxyl groups is 2. The van der Waals surface area contributed by atoms with E-state index in [4.69, 9.17) is 14.6 Å². The first kappa shape index (κ1) is 22.0. The Labute approximate surface area is 182 Å². The summed E-state index contributed by atoms with van der Waals surface area (Å²) in [4.78, 5) is 27.0. The molecular formula is C22H22BrNO6. The van der Waals surface area contributed by atoms with E-state index in [9.17, 15) is 14.7 Å². The molecule has 1 unspecified atom stereocenters. The third-order valence-corrected chi connectivity index (χ3v) is 5.27. The first-order valence-electron chi connectivity index (χ1n) is 9.34. The second kappa shape index (κ2) is 9.88. The first-order chi connectivity index (χ1) is 14.5. The largest absolute Gasteiger partial charge is 0.507 e. The van der Waals surface area contributed by atoms with Gasteiger partial charge in [-0.25, -0.2) is 0 Å². The molecule has 0 spiro atoms. The zero-order valence-electron chi connectivity index (χ0n) is 16.4. The van der Waals surface area contributed by atoms with Crippen molar-refractivity contribution in [3.63, 3.8) is 0 Å². The minimum atomic E-state index is -0.762. The number of aliphatic hydroxyl groups excluding tert-OH is 2. The van der Waals surface area contributed by atoms with Crippen LogP contribution in [-0.2, 0) is 14.3 Å². The highest BCUT2D eigenvalue weighted by Gasteiger charge is 2.45. The molecule has 158 valence electrons. The number of amides is 1. The van der Waals surface area contributed by atoms with E-state index in [1.807, 2.05) is 6.07 Å². The quantitative estimate of drug-likeness (QED) is 0.263. The van der Waals surface area contributed by atoms with E-state index in [2.05, 4.69) is 15.9 Å². The van der Waals surface area contributed by atoms with E-state index in [1.54, 1.807) is 42.5 Å². The van der Waals surface area contributed by atoms with Gasteiger partial charge in [-0.15, -0.1) is 0 Å². The molecule has 1 atom stereocenters. The summed E-state index contributed by atoms with van der Waals surface area (Å²) < 4.78 is 11.2. The number of rotatable bonds is 8. The number of ketones is 1. The second-order valence-corrected chi connectivity index (χ2v) is 7.53. The monoisotopic (exact) mass is 475 g/mol. The number of nitrogens with zero attached hydrogens (tertiary/aromatic N) is 1. The first-order valence-corrected chi connectivity index (χ1v) is 10.1. The predicted molar refractivity (Wildman–Crippen MR) is 114 cm³/mol. The third-order valence-electron chi connectivity index (χ3n) is 4.78. The Bertz CT molecular complexity index is 956. The van der Waals surface area contributed by atoms with E-state index < -0.39 is 17.7 Å². The molecule has 0 aromatic heterocycles. The Morgan fingerprint density at radius 3 is 2.50 bits per heavy atom. The highest BCUT2D eigenvalue weighted by Crippen LogP contribution is 2.40. The second-order valence-electron chi connectivity index (χ2n) is 6.61. The lowest BCUT2D eigenvalue weighted by atomic mass is 9.95. The van der Waals surface area contributed by atoms with E-state index in [-0.39, 0.29) is 37.7 Å². The average molecular weight is 476 g/mol. The van der Waals surface area contributed by atoms with Gasteiger partial charge in [-0.1, -0.05) is 28.1 Å². The van der Waals surface area contributed by atoms with Crippen LogP contribution in [0.4, 0.5) is 0 Å². The number of likely N-dealkylation sites (tertiary alicyclic amines) is 1. The number of Topliss-reactive ketones (excluding diaryl/α,β-unsaturated/α-hetero) is 1. The van der Waals surface area contributed by atoms with Crippen LogP contribution in [0.15, 0.2) is 58.6 Å². The van der Waals surface area contributed by atoms with E-state index in [0.717, 1.165) is 4.47 Å². The SMILES string of the molecule is COc1ccc(C(O)=C2C(=O)C(=O)N(CCOCCO)C2c2cccc(Br)c2)cc1. The number of hydrogen-bond acceptors (Lipinski definition) is 6. The molecule has 7 nitrogen and oxygen atoms in total. The molecule has 2 aromatic carbocycles. The normalized spacial score (nSPS) is 18.1. The van der Waals surface area contributed by atoms with Crippen LogP contribution in [-0.4, -0.2) is 60.3 Å². The molecule has 0 radical (unpaired) electrons. The maximum atomic E-state index is 12.9. The highest BCUT2D eigenvalue weighted by molar-refractivity contribution is 9.10. The molecule has 0 aliphatic carbocycles. The summed E-state index contributed by atoms with van der Waals surface area (Å²) >= 11 is 3.42. The van der Waals surface area contributed by atoms with Crippen LogP contribution in [0.25, 0.3) is 5.76 Å². The van der Waals surface area contributed by atoms with E-state index in [1.165, 1.54) is 12.0 Å². The van der Waals surface area contributed by atoms with Crippen molar-refractivity contribution < 1.29 is 29.3 Å². The van der Waals surface area contributed by atoms with Crippen LogP contribution < -0.4 is 4.74 Å². The van der Waals surface area contributed by atoms with Crippen LogP contribution >= 0.6 is 15.9 Å². The Hall–Kier alpha value is -2.68. The molecule has 1 aliphatic rings. The van der Waals surface area contributed by atoms with Crippen LogP contribution in [0.2, 0.25) is 0 Å². The van der Waals surface area contributed by atoms with Gasteiger partial charge in [0.15, 0.2) is 0 Å². The smallest absolute Gasteiger partial charge is 0.295 e. The molecule has 8 heteroatoms. The number of benzene rings is 2. The van der Waals surface area contributed by atoms with Crippen LogP contribution in [0.3, 0.4) is 0 Å². The van der Waals surface area contributed by atoms with Gasteiger partial charge < -0.3 is 24.6 Å².